The second kappa shape index (κ2) is 6.34. The summed E-state index contributed by atoms with van der Waals surface area (Å²) in [6.45, 7) is 5.50. The number of piperidine rings is 1. The zero-order valence-corrected chi connectivity index (χ0v) is 13.1. The van der Waals surface area contributed by atoms with Gasteiger partial charge in [0.1, 0.15) is 0 Å². The zero-order chi connectivity index (χ0) is 14.8. The highest BCUT2D eigenvalue weighted by Crippen LogP contribution is 2.29. The maximum atomic E-state index is 10.5. The minimum Gasteiger partial charge on any atom is -0.388 e. The third-order valence-electron chi connectivity index (χ3n) is 4.38. The Balaban J connectivity index is 1.65. The van der Waals surface area contributed by atoms with Crippen LogP contribution in [0.15, 0.2) is 18.3 Å². The van der Waals surface area contributed by atoms with Crippen LogP contribution in [0.3, 0.4) is 0 Å². The average Bonchev–Trinajstić information content (AvgIpc) is 2.91. The molecule has 4 nitrogen and oxygen atoms in total. The van der Waals surface area contributed by atoms with Crippen molar-refractivity contribution in [1.29, 1.82) is 0 Å². The van der Waals surface area contributed by atoms with Crippen molar-refractivity contribution in [3.63, 3.8) is 0 Å². The fourth-order valence-electron chi connectivity index (χ4n) is 3.19. The molecule has 1 aliphatic heterocycles. The lowest BCUT2D eigenvalue weighted by Gasteiger charge is -2.31. The maximum Gasteiger partial charge on any atom is 0.0816 e. The van der Waals surface area contributed by atoms with E-state index in [0.717, 1.165) is 48.4 Å². The molecular formula is C16H22ClN3O. The molecule has 3 rings (SSSR count). The number of aliphatic hydroxyl groups is 1. The Kier molecular flexibility index (Phi) is 4.48. The first-order valence-corrected chi connectivity index (χ1v) is 8.04. The average molecular weight is 308 g/mol. The van der Waals surface area contributed by atoms with Crippen LogP contribution in [-0.4, -0.2) is 39.8 Å². The van der Waals surface area contributed by atoms with E-state index in [1.807, 2.05) is 12.1 Å². The number of aliphatic hydroxyl groups excluding tert-OH is 1. The highest BCUT2D eigenvalue weighted by Gasteiger charge is 2.19. The largest absolute Gasteiger partial charge is 0.388 e. The van der Waals surface area contributed by atoms with E-state index in [1.54, 1.807) is 6.20 Å². The second-order valence-corrected chi connectivity index (χ2v) is 6.59. The molecule has 1 aromatic carbocycles. The van der Waals surface area contributed by atoms with E-state index in [-0.39, 0.29) is 0 Å². The summed E-state index contributed by atoms with van der Waals surface area (Å²) in [7, 11) is 0. The summed E-state index contributed by atoms with van der Waals surface area (Å²) < 4.78 is 0. The summed E-state index contributed by atoms with van der Waals surface area (Å²) in [6.07, 6.45) is 4.54. The molecule has 0 spiro atoms. The van der Waals surface area contributed by atoms with Crippen LogP contribution in [0, 0.1) is 5.92 Å². The highest BCUT2D eigenvalue weighted by molar-refractivity contribution is 6.32. The molecule has 0 bridgehead atoms. The second-order valence-electron chi connectivity index (χ2n) is 6.18. The number of hydrogen-bond acceptors (Lipinski definition) is 3. The first-order valence-electron chi connectivity index (χ1n) is 7.66. The quantitative estimate of drug-likeness (QED) is 0.910. The molecular weight excluding hydrogens is 286 g/mol. The number of nitrogens with one attached hydrogen (secondary N) is 1. The summed E-state index contributed by atoms with van der Waals surface area (Å²) in [5.74, 6) is 0.766. The third-order valence-corrected chi connectivity index (χ3v) is 4.70. The Hall–Kier alpha value is -1.10. The van der Waals surface area contributed by atoms with E-state index in [0.29, 0.717) is 5.02 Å². The van der Waals surface area contributed by atoms with E-state index in [9.17, 15) is 5.11 Å². The van der Waals surface area contributed by atoms with Crippen molar-refractivity contribution in [2.75, 3.05) is 19.6 Å². The molecule has 1 saturated heterocycles. The summed E-state index contributed by atoms with van der Waals surface area (Å²) in [5.41, 5.74) is 1.71. The SMILES string of the molecule is CC1CCCN(CCC(O)c2cc3cn[nH]c3cc2Cl)C1. The number of likely N-dealkylation sites (tertiary alicyclic amines) is 1. The van der Waals surface area contributed by atoms with Crippen LogP contribution in [0.4, 0.5) is 0 Å². The van der Waals surface area contributed by atoms with Crippen LogP contribution in [0.1, 0.15) is 37.9 Å². The van der Waals surface area contributed by atoms with Gasteiger partial charge < -0.3 is 10.0 Å². The fraction of sp³-hybridized carbons (Fsp3) is 0.562. The van der Waals surface area contributed by atoms with Gasteiger partial charge >= 0.3 is 0 Å². The van der Waals surface area contributed by atoms with Crippen molar-refractivity contribution in [3.05, 3.63) is 28.9 Å². The Bertz CT molecular complexity index is 613. The van der Waals surface area contributed by atoms with E-state index >= 15 is 0 Å². The topological polar surface area (TPSA) is 52.1 Å². The summed E-state index contributed by atoms with van der Waals surface area (Å²) in [6, 6.07) is 3.77. The fourth-order valence-corrected chi connectivity index (χ4v) is 3.48. The summed E-state index contributed by atoms with van der Waals surface area (Å²) in [5, 5.41) is 18.9. The molecule has 2 atom stereocenters. The van der Waals surface area contributed by atoms with Crippen LogP contribution in [0.25, 0.3) is 10.9 Å². The molecule has 2 heterocycles. The Morgan fingerprint density at radius 3 is 3.19 bits per heavy atom. The highest BCUT2D eigenvalue weighted by atomic mass is 35.5. The molecule has 2 N–H and O–H groups in total. The van der Waals surface area contributed by atoms with Crippen LogP contribution in [0.2, 0.25) is 5.02 Å². The Morgan fingerprint density at radius 2 is 2.38 bits per heavy atom. The number of aromatic amines is 1. The standard InChI is InChI=1S/C16H22ClN3O/c1-11-3-2-5-20(10-11)6-4-16(21)13-7-12-9-18-19-15(12)8-14(13)17/h7-9,11,16,21H,2-6,10H2,1H3,(H,18,19). The van der Waals surface area contributed by atoms with Crippen LogP contribution in [-0.2, 0) is 0 Å². The lowest BCUT2D eigenvalue weighted by atomic mass is 9.99. The first kappa shape index (κ1) is 14.8. The van der Waals surface area contributed by atoms with Gasteiger partial charge in [0.2, 0.25) is 0 Å². The first-order chi connectivity index (χ1) is 10.1. The van der Waals surface area contributed by atoms with Gasteiger partial charge in [-0.15, -0.1) is 0 Å². The predicted octanol–water partition coefficient (Wildman–Crippen LogP) is 3.37. The number of H-pyrrole nitrogens is 1. The van der Waals surface area contributed by atoms with Crippen molar-refractivity contribution < 1.29 is 5.11 Å². The molecule has 0 radical (unpaired) electrons. The molecule has 0 aliphatic carbocycles. The molecule has 114 valence electrons. The summed E-state index contributed by atoms with van der Waals surface area (Å²) >= 11 is 6.28. The lowest BCUT2D eigenvalue weighted by molar-refractivity contribution is 0.122. The van der Waals surface area contributed by atoms with Gasteiger partial charge in [0, 0.05) is 23.5 Å². The number of rotatable bonds is 4. The van der Waals surface area contributed by atoms with E-state index in [2.05, 4.69) is 22.0 Å². The van der Waals surface area contributed by atoms with E-state index in [1.165, 1.54) is 12.8 Å². The molecule has 5 heteroatoms. The number of hydrogen-bond donors (Lipinski definition) is 2. The van der Waals surface area contributed by atoms with E-state index in [4.69, 9.17) is 11.6 Å². The van der Waals surface area contributed by atoms with Crippen molar-refractivity contribution >= 4 is 22.5 Å². The predicted molar refractivity (Wildman–Crippen MR) is 85.5 cm³/mol. The number of fused-ring (bicyclic) bond motifs is 1. The molecule has 21 heavy (non-hydrogen) atoms. The minimum absolute atomic E-state index is 0.519. The Morgan fingerprint density at radius 1 is 1.52 bits per heavy atom. The minimum atomic E-state index is -0.519. The van der Waals surface area contributed by atoms with Crippen molar-refractivity contribution in [2.24, 2.45) is 5.92 Å². The normalized spacial score (nSPS) is 21.8. The van der Waals surface area contributed by atoms with Gasteiger partial charge in [-0.25, -0.2) is 0 Å². The lowest BCUT2D eigenvalue weighted by Crippen LogP contribution is -2.35. The third kappa shape index (κ3) is 3.39. The molecule has 2 unspecified atom stereocenters. The van der Waals surface area contributed by atoms with Crippen LogP contribution >= 0.6 is 11.6 Å². The van der Waals surface area contributed by atoms with Gasteiger partial charge in [-0.2, -0.15) is 5.10 Å². The van der Waals surface area contributed by atoms with Crippen molar-refractivity contribution in [2.45, 2.75) is 32.3 Å². The number of nitrogens with zero attached hydrogens (tertiary/aromatic N) is 2. The van der Waals surface area contributed by atoms with Gasteiger partial charge in [0.05, 0.1) is 17.8 Å². The van der Waals surface area contributed by atoms with Crippen molar-refractivity contribution in [3.8, 4) is 0 Å². The van der Waals surface area contributed by atoms with Crippen molar-refractivity contribution in [1.82, 2.24) is 15.1 Å². The molecule has 0 saturated carbocycles. The summed E-state index contributed by atoms with van der Waals surface area (Å²) in [4.78, 5) is 2.45. The van der Waals surface area contributed by atoms with Crippen LogP contribution < -0.4 is 0 Å². The molecule has 1 fully saturated rings. The molecule has 2 aromatic rings. The number of halogens is 1. The number of aromatic nitrogens is 2. The van der Waals surface area contributed by atoms with Gasteiger partial charge in [-0.05, 0) is 49.4 Å². The van der Waals surface area contributed by atoms with Crippen LogP contribution in [0.5, 0.6) is 0 Å². The smallest absolute Gasteiger partial charge is 0.0816 e. The zero-order valence-electron chi connectivity index (χ0n) is 12.3. The Labute approximate surface area is 130 Å². The number of benzene rings is 1. The molecule has 0 amide bonds. The van der Waals surface area contributed by atoms with E-state index < -0.39 is 6.10 Å². The van der Waals surface area contributed by atoms with Gasteiger partial charge in [0.25, 0.3) is 0 Å². The molecule has 1 aliphatic rings. The van der Waals surface area contributed by atoms with Gasteiger partial charge in [0.15, 0.2) is 0 Å². The molecule has 1 aromatic heterocycles. The maximum absolute atomic E-state index is 10.5. The van der Waals surface area contributed by atoms with Gasteiger partial charge in [-0.3, -0.25) is 5.10 Å². The monoisotopic (exact) mass is 307 g/mol. The van der Waals surface area contributed by atoms with Gasteiger partial charge in [-0.1, -0.05) is 18.5 Å².